The van der Waals surface area contributed by atoms with E-state index in [1.807, 2.05) is 13.0 Å². The molecule has 1 N–H and O–H groups in total. The lowest BCUT2D eigenvalue weighted by Gasteiger charge is -2.29. The number of rotatable bonds is 5. The van der Waals surface area contributed by atoms with Crippen molar-refractivity contribution < 1.29 is 4.79 Å². The number of likely N-dealkylation sites (tertiary alicyclic amines) is 1. The molecule has 0 aromatic carbocycles. The fraction of sp³-hybridized carbons (Fsp3) is 0.846. The molecule has 2 unspecified atom stereocenters. The third-order valence-electron chi connectivity index (χ3n) is 3.45. The van der Waals surface area contributed by atoms with Crippen molar-refractivity contribution in [2.45, 2.75) is 32.6 Å². The highest BCUT2D eigenvalue weighted by atomic mass is 16.1. The molecule has 0 bridgehead atoms. The summed E-state index contributed by atoms with van der Waals surface area (Å²) in [5.41, 5.74) is 0. The zero-order valence-electron chi connectivity index (χ0n) is 10.9. The van der Waals surface area contributed by atoms with Crippen LogP contribution in [0.4, 0.5) is 0 Å². The van der Waals surface area contributed by atoms with Crippen molar-refractivity contribution in [1.82, 2.24) is 10.2 Å². The van der Waals surface area contributed by atoms with Crippen molar-refractivity contribution >= 4 is 5.91 Å². The molecule has 1 aliphatic heterocycles. The number of hydrogen-bond donors (Lipinski definition) is 1. The molecule has 1 heterocycles. The van der Waals surface area contributed by atoms with Gasteiger partial charge in [-0.2, -0.15) is 5.26 Å². The van der Waals surface area contributed by atoms with Gasteiger partial charge in [-0.25, -0.2) is 0 Å². The van der Waals surface area contributed by atoms with Crippen LogP contribution >= 0.6 is 0 Å². The first kappa shape index (κ1) is 14.0. The lowest BCUT2D eigenvalue weighted by Crippen LogP contribution is -2.36. The molecule has 0 aromatic rings. The van der Waals surface area contributed by atoms with Crippen LogP contribution < -0.4 is 5.32 Å². The maximum Gasteiger partial charge on any atom is 0.237 e. The molecule has 4 nitrogen and oxygen atoms in total. The van der Waals surface area contributed by atoms with Gasteiger partial charge in [0, 0.05) is 13.1 Å². The van der Waals surface area contributed by atoms with Crippen molar-refractivity contribution in [1.29, 1.82) is 5.26 Å². The highest BCUT2D eigenvalue weighted by Crippen LogP contribution is 2.17. The van der Waals surface area contributed by atoms with Gasteiger partial charge in [-0.1, -0.05) is 6.92 Å². The van der Waals surface area contributed by atoms with E-state index in [9.17, 15) is 4.79 Å². The quantitative estimate of drug-likeness (QED) is 0.786. The van der Waals surface area contributed by atoms with Crippen LogP contribution in [-0.2, 0) is 4.79 Å². The number of hydrogen-bond acceptors (Lipinski definition) is 3. The Morgan fingerprint density at radius 1 is 1.65 bits per heavy atom. The number of nitrogens with zero attached hydrogens (tertiary/aromatic N) is 2. The first-order valence-corrected chi connectivity index (χ1v) is 6.53. The molecule has 17 heavy (non-hydrogen) atoms. The predicted octanol–water partition coefficient (Wildman–Crippen LogP) is 1.38. The number of carbonyl (C=O) groups excluding carboxylic acids is 1. The molecule has 0 saturated carbocycles. The Labute approximate surface area is 104 Å². The summed E-state index contributed by atoms with van der Waals surface area (Å²) in [7, 11) is 2.15. The summed E-state index contributed by atoms with van der Waals surface area (Å²) in [6, 6.07) is 2.03. The molecule has 0 radical (unpaired) electrons. The Bertz CT molecular complexity index is 285. The molecule has 1 saturated heterocycles. The van der Waals surface area contributed by atoms with Crippen LogP contribution in [0.5, 0.6) is 0 Å². The summed E-state index contributed by atoms with van der Waals surface area (Å²) in [4.78, 5) is 13.9. The highest BCUT2D eigenvalue weighted by molar-refractivity contribution is 5.80. The van der Waals surface area contributed by atoms with Crippen LogP contribution in [0, 0.1) is 23.2 Å². The molecule has 1 rings (SSSR count). The van der Waals surface area contributed by atoms with Gasteiger partial charge in [-0.3, -0.25) is 4.79 Å². The van der Waals surface area contributed by atoms with E-state index < -0.39 is 5.92 Å². The molecule has 0 aromatic heterocycles. The minimum absolute atomic E-state index is 0.112. The summed E-state index contributed by atoms with van der Waals surface area (Å²) in [6.45, 7) is 4.89. The lowest BCUT2D eigenvalue weighted by molar-refractivity contribution is -0.123. The van der Waals surface area contributed by atoms with Crippen molar-refractivity contribution in [3.8, 4) is 6.07 Å². The fourth-order valence-corrected chi connectivity index (χ4v) is 2.37. The average Bonchev–Trinajstić information content (AvgIpc) is 2.30. The van der Waals surface area contributed by atoms with Gasteiger partial charge in [0.15, 0.2) is 0 Å². The molecule has 1 amide bonds. The molecule has 1 aliphatic rings. The molecule has 0 aliphatic carbocycles. The summed E-state index contributed by atoms with van der Waals surface area (Å²) in [5, 5.41) is 11.6. The van der Waals surface area contributed by atoms with Gasteiger partial charge in [0.2, 0.25) is 5.91 Å². The van der Waals surface area contributed by atoms with Gasteiger partial charge in [0.25, 0.3) is 0 Å². The Kier molecular flexibility index (Phi) is 5.99. The van der Waals surface area contributed by atoms with Gasteiger partial charge in [0.1, 0.15) is 5.92 Å². The summed E-state index contributed by atoms with van der Waals surface area (Å²) in [6.07, 6.45) is 4.13. The number of carbonyl (C=O) groups is 1. The van der Waals surface area contributed by atoms with Crippen LogP contribution in [0.15, 0.2) is 0 Å². The first-order valence-electron chi connectivity index (χ1n) is 6.53. The monoisotopic (exact) mass is 237 g/mol. The van der Waals surface area contributed by atoms with Crippen LogP contribution in [0.2, 0.25) is 0 Å². The third-order valence-corrected chi connectivity index (χ3v) is 3.45. The van der Waals surface area contributed by atoms with E-state index in [0.717, 1.165) is 13.0 Å². The normalized spacial score (nSPS) is 22.8. The third kappa shape index (κ3) is 4.74. The van der Waals surface area contributed by atoms with Crippen LogP contribution in [0.3, 0.4) is 0 Å². The lowest BCUT2D eigenvalue weighted by atomic mass is 9.95. The van der Waals surface area contributed by atoms with Gasteiger partial charge < -0.3 is 10.2 Å². The largest absolute Gasteiger partial charge is 0.355 e. The van der Waals surface area contributed by atoms with E-state index in [-0.39, 0.29) is 5.91 Å². The highest BCUT2D eigenvalue weighted by Gasteiger charge is 2.18. The van der Waals surface area contributed by atoms with E-state index in [1.165, 1.54) is 19.4 Å². The van der Waals surface area contributed by atoms with Gasteiger partial charge in [-0.05, 0) is 45.2 Å². The van der Waals surface area contributed by atoms with E-state index in [0.29, 0.717) is 18.9 Å². The number of amides is 1. The molecule has 4 heteroatoms. The van der Waals surface area contributed by atoms with Gasteiger partial charge in [0.05, 0.1) is 6.07 Å². The second-order valence-electron chi connectivity index (χ2n) is 4.94. The Morgan fingerprint density at radius 2 is 2.41 bits per heavy atom. The Hall–Kier alpha value is -1.08. The molecule has 1 fully saturated rings. The summed E-state index contributed by atoms with van der Waals surface area (Å²) < 4.78 is 0. The second-order valence-corrected chi connectivity index (χ2v) is 4.94. The maximum atomic E-state index is 11.6. The summed E-state index contributed by atoms with van der Waals surface area (Å²) in [5.74, 6) is 0.0967. The van der Waals surface area contributed by atoms with Crippen LogP contribution in [0.1, 0.15) is 32.6 Å². The SMILES string of the molecule is CCC(C#N)C(=O)NCCC1CCCN(C)C1. The first-order chi connectivity index (χ1) is 8.17. The molecule has 96 valence electrons. The average molecular weight is 237 g/mol. The van der Waals surface area contributed by atoms with Gasteiger partial charge in [-0.15, -0.1) is 0 Å². The molecule has 2 atom stereocenters. The molecule has 0 spiro atoms. The zero-order valence-corrected chi connectivity index (χ0v) is 10.9. The van der Waals surface area contributed by atoms with E-state index in [1.54, 1.807) is 0 Å². The van der Waals surface area contributed by atoms with E-state index in [4.69, 9.17) is 5.26 Å². The van der Waals surface area contributed by atoms with Crippen molar-refractivity contribution in [3.63, 3.8) is 0 Å². The fourth-order valence-electron chi connectivity index (χ4n) is 2.37. The van der Waals surface area contributed by atoms with Crippen molar-refractivity contribution in [2.75, 3.05) is 26.7 Å². The van der Waals surface area contributed by atoms with E-state index in [2.05, 4.69) is 17.3 Å². The topological polar surface area (TPSA) is 56.1 Å². The smallest absolute Gasteiger partial charge is 0.237 e. The Balaban J connectivity index is 2.19. The maximum absolute atomic E-state index is 11.6. The zero-order chi connectivity index (χ0) is 12.7. The van der Waals surface area contributed by atoms with Crippen molar-refractivity contribution in [3.05, 3.63) is 0 Å². The Morgan fingerprint density at radius 3 is 3.00 bits per heavy atom. The van der Waals surface area contributed by atoms with Crippen molar-refractivity contribution in [2.24, 2.45) is 11.8 Å². The minimum atomic E-state index is -0.482. The number of piperidine rings is 1. The van der Waals surface area contributed by atoms with Crippen LogP contribution in [-0.4, -0.2) is 37.5 Å². The van der Waals surface area contributed by atoms with Gasteiger partial charge >= 0.3 is 0 Å². The molecular weight excluding hydrogens is 214 g/mol. The second kappa shape index (κ2) is 7.29. The number of nitriles is 1. The standard InChI is InChI=1S/C13H23N3O/c1-3-12(9-14)13(17)15-7-6-11-5-4-8-16(2)10-11/h11-12H,3-8,10H2,1-2H3,(H,15,17). The summed E-state index contributed by atoms with van der Waals surface area (Å²) >= 11 is 0. The number of nitrogens with one attached hydrogen (secondary N) is 1. The van der Waals surface area contributed by atoms with E-state index >= 15 is 0 Å². The minimum Gasteiger partial charge on any atom is -0.355 e. The van der Waals surface area contributed by atoms with Crippen LogP contribution in [0.25, 0.3) is 0 Å². The predicted molar refractivity (Wildman–Crippen MR) is 67.2 cm³/mol. The molecular formula is C13H23N3O.